The molecule has 1 N–H and O–H groups in total. The van der Waals surface area contributed by atoms with Crippen molar-refractivity contribution in [3.05, 3.63) is 103 Å². The van der Waals surface area contributed by atoms with Gasteiger partial charge in [0, 0.05) is 24.0 Å². The number of methoxy groups -OCH3 is 2. The summed E-state index contributed by atoms with van der Waals surface area (Å²) in [5.41, 5.74) is 2.04. The van der Waals surface area contributed by atoms with Crippen LogP contribution in [-0.4, -0.2) is 53.6 Å². The molecule has 0 atom stereocenters. The van der Waals surface area contributed by atoms with E-state index in [2.05, 4.69) is 16.9 Å². The third-order valence-corrected chi connectivity index (χ3v) is 5.77. The van der Waals surface area contributed by atoms with E-state index in [1.54, 1.807) is 43.2 Å². The van der Waals surface area contributed by atoms with Crippen molar-refractivity contribution < 1.29 is 23.5 Å². The first-order valence-electron chi connectivity index (χ1n) is 11.8. The van der Waals surface area contributed by atoms with Crippen molar-refractivity contribution in [2.75, 3.05) is 32.6 Å². The summed E-state index contributed by atoms with van der Waals surface area (Å²) >= 11 is 0. The van der Waals surface area contributed by atoms with Gasteiger partial charge < -0.3 is 14.4 Å². The summed E-state index contributed by atoms with van der Waals surface area (Å²) < 4.78 is 26.4. The third-order valence-electron chi connectivity index (χ3n) is 5.77. The highest BCUT2D eigenvalue weighted by molar-refractivity contribution is 5.99. The molecule has 2 amide bonds. The Morgan fingerprint density at radius 3 is 2.24 bits per heavy atom. The van der Waals surface area contributed by atoms with E-state index in [1.807, 2.05) is 36.4 Å². The summed E-state index contributed by atoms with van der Waals surface area (Å²) in [5.74, 6) is -0.136. The van der Waals surface area contributed by atoms with E-state index in [9.17, 15) is 14.0 Å². The van der Waals surface area contributed by atoms with Crippen LogP contribution in [0.4, 0.5) is 10.3 Å². The van der Waals surface area contributed by atoms with Gasteiger partial charge in [-0.05, 0) is 60.7 Å². The average Bonchev–Trinajstić information content (AvgIpc) is 3.36. The number of nitrogens with one attached hydrogen (secondary N) is 1. The molecule has 0 radical (unpaired) electrons. The predicted octanol–water partition coefficient (Wildman–Crippen LogP) is 4.96. The zero-order valence-electron chi connectivity index (χ0n) is 21.1. The number of amides is 2. The third kappa shape index (κ3) is 5.89. The molecule has 0 saturated carbocycles. The Morgan fingerprint density at radius 1 is 1.00 bits per heavy atom. The highest BCUT2D eigenvalue weighted by Gasteiger charge is 2.22. The summed E-state index contributed by atoms with van der Waals surface area (Å²) in [6.07, 6.45) is 3.28. The molecule has 8 nitrogen and oxygen atoms in total. The van der Waals surface area contributed by atoms with Crippen LogP contribution in [0.2, 0.25) is 0 Å². The number of imidazole rings is 1. The SMILES string of the molecule is C=CCN(CC(=O)Nc1nc(-c2ccc(OC)cc2)cn1-c1ccc(OC)cc1)C(=O)c1ccccc1F. The first kappa shape index (κ1) is 26.2. The molecule has 9 heteroatoms. The van der Waals surface area contributed by atoms with Gasteiger partial charge in [0.15, 0.2) is 0 Å². The van der Waals surface area contributed by atoms with Crippen LogP contribution >= 0.6 is 0 Å². The van der Waals surface area contributed by atoms with E-state index >= 15 is 0 Å². The van der Waals surface area contributed by atoms with Gasteiger partial charge in [-0.1, -0.05) is 18.2 Å². The van der Waals surface area contributed by atoms with E-state index in [4.69, 9.17) is 9.47 Å². The number of halogens is 1. The fraction of sp³-hybridized carbons (Fsp3) is 0.138. The topological polar surface area (TPSA) is 85.7 Å². The lowest BCUT2D eigenvalue weighted by molar-refractivity contribution is -0.116. The second-order valence-electron chi connectivity index (χ2n) is 8.25. The summed E-state index contributed by atoms with van der Waals surface area (Å²) in [6.45, 7) is 3.39. The molecule has 1 heterocycles. The lowest BCUT2D eigenvalue weighted by Gasteiger charge is -2.21. The van der Waals surface area contributed by atoms with E-state index < -0.39 is 17.6 Å². The Labute approximate surface area is 219 Å². The lowest BCUT2D eigenvalue weighted by Crippen LogP contribution is -2.38. The molecule has 0 aliphatic rings. The molecule has 0 bridgehead atoms. The number of carbonyl (C=O) groups excluding carboxylic acids is 2. The Bertz CT molecular complexity index is 1430. The Kier molecular flexibility index (Phi) is 8.17. The summed E-state index contributed by atoms with van der Waals surface area (Å²) in [6, 6.07) is 20.3. The fourth-order valence-electron chi connectivity index (χ4n) is 3.83. The van der Waals surface area contributed by atoms with E-state index in [0.717, 1.165) is 11.3 Å². The van der Waals surface area contributed by atoms with Crippen LogP contribution in [0.5, 0.6) is 11.5 Å². The van der Waals surface area contributed by atoms with E-state index in [0.29, 0.717) is 17.2 Å². The second kappa shape index (κ2) is 11.9. The molecule has 0 aliphatic carbocycles. The summed E-state index contributed by atoms with van der Waals surface area (Å²) in [7, 11) is 3.17. The zero-order chi connectivity index (χ0) is 27.1. The van der Waals surface area contributed by atoms with Crippen LogP contribution in [0.15, 0.2) is 91.6 Å². The molecule has 4 aromatic rings. The molecule has 38 heavy (non-hydrogen) atoms. The minimum Gasteiger partial charge on any atom is -0.497 e. The highest BCUT2D eigenvalue weighted by Crippen LogP contribution is 2.27. The summed E-state index contributed by atoms with van der Waals surface area (Å²) in [5, 5.41) is 2.80. The molecule has 1 aromatic heterocycles. The Hall–Kier alpha value is -4.92. The first-order chi connectivity index (χ1) is 18.4. The largest absolute Gasteiger partial charge is 0.497 e. The smallest absolute Gasteiger partial charge is 0.257 e. The average molecular weight is 515 g/mol. The molecule has 0 aliphatic heterocycles. The minimum absolute atomic E-state index is 0.0601. The molecule has 0 fully saturated rings. The quantitative estimate of drug-likeness (QED) is 0.302. The van der Waals surface area contributed by atoms with Gasteiger partial charge in [-0.3, -0.25) is 19.5 Å². The number of rotatable bonds is 10. The van der Waals surface area contributed by atoms with Crippen molar-refractivity contribution in [3.8, 4) is 28.4 Å². The molecular formula is C29H27FN4O4. The van der Waals surface area contributed by atoms with Gasteiger partial charge in [-0.2, -0.15) is 0 Å². The van der Waals surface area contributed by atoms with Gasteiger partial charge in [0.1, 0.15) is 23.9 Å². The molecule has 0 unspecified atom stereocenters. The zero-order valence-corrected chi connectivity index (χ0v) is 21.1. The number of hydrogen-bond acceptors (Lipinski definition) is 5. The van der Waals surface area contributed by atoms with Crippen LogP contribution in [0.3, 0.4) is 0 Å². The number of carbonyl (C=O) groups is 2. The van der Waals surface area contributed by atoms with Crippen LogP contribution in [-0.2, 0) is 4.79 Å². The van der Waals surface area contributed by atoms with Gasteiger partial charge in [-0.15, -0.1) is 6.58 Å². The summed E-state index contributed by atoms with van der Waals surface area (Å²) in [4.78, 5) is 31.9. The number of aromatic nitrogens is 2. The standard InChI is InChI=1S/C29H27FN4O4/c1-4-17-33(28(36)24-7-5-6-8-25(24)30)19-27(35)32-29-31-26(20-9-13-22(37-2)14-10-20)18-34(29)21-11-15-23(38-3)16-12-21/h4-16,18H,1,17,19H2,2-3H3,(H,31,32,35). The monoisotopic (exact) mass is 514 g/mol. The molecule has 4 rings (SSSR count). The van der Waals surface area contributed by atoms with Crippen LogP contribution in [0.1, 0.15) is 10.4 Å². The van der Waals surface area contributed by atoms with Gasteiger partial charge in [0.2, 0.25) is 11.9 Å². The van der Waals surface area contributed by atoms with Crippen LogP contribution in [0, 0.1) is 5.82 Å². The van der Waals surface area contributed by atoms with Gasteiger partial charge in [0.25, 0.3) is 5.91 Å². The van der Waals surface area contributed by atoms with Crippen molar-refractivity contribution in [1.82, 2.24) is 14.5 Å². The molecular weight excluding hydrogens is 487 g/mol. The maximum Gasteiger partial charge on any atom is 0.257 e. The maximum absolute atomic E-state index is 14.2. The first-order valence-corrected chi connectivity index (χ1v) is 11.8. The van der Waals surface area contributed by atoms with Gasteiger partial charge in [0.05, 0.1) is 25.5 Å². The van der Waals surface area contributed by atoms with Crippen LogP contribution in [0.25, 0.3) is 16.9 Å². The Morgan fingerprint density at radius 2 is 1.63 bits per heavy atom. The minimum atomic E-state index is -0.661. The fourth-order valence-corrected chi connectivity index (χ4v) is 3.83. The van der Waals surface area contributed by atoms with Crippen LogP contribution < -0.4 is 14.8 Å². The van der Waals surface area contributed by atoms with Crippen molar-refractivity contribution in [2.24, 2.45) is 0 Å². The molecule has 0 saturated heterocycles. The number of ether oxygens (including phenoxy) is 2. The maximum atomic E-state index is 14.2. The van der Waals surface area contributed by atoms with Gasteiger partial charge >= 0.3 is 0 Å². The van der Waals surface area contributed by atoms with Crippen molar-refractivity contribution in [1.29, 1.82) is 0 Å². The number of nitrogens with zero attached hydrogens (tertiary/aromatic N) is 3. The highest BCUT2D eigenvalue weighted by atomic mass is 19.1. The lowest BCUT2D eigenvalue weighted by atomic mass is 10.1. The predicted molar refractivity (Wildman–Crippen MR) is 143 cm³/mol. The van der Waals surface area contributed by atoms with E-state index in [1.165, 1.54) is 29.2 Å². The number of anilines is 1. The number of benzene rings is 3. The molecule has 0 spiro atoms. The van der Waals surface area contributed by atoms with Crippen molar-refractivity contribution in [2.45, 2.75) is 0 Å². The normalized spacial score (nSPS) is 10.5. The van der Waals surface area contributed by atoms with Gasteiger partial charge in [-0.25, -0.2) is 9.37 Å². The van der Waals surface area contributed by atoms with Crippen molar-refractivity contribution >= 4 is 17.8 Å². The molecule has 3 aromatic carbocycles. The molecule has 194 valence electrons. The van der Waals surface area contributed by atoms with Crippen molar-refractivity contribution in [3.63, 3.8) is 0 Å². The van der Waals surface area contributed by atoms with E-state index in [-0.39, 0.29) is 24.6 Å². The second-order valence-corrected chi connectivity index (χ2v) is 8.25. The Balaban J connectivity index is 1.63. The number of hydrogen-bond donors (Lipinski definition) is 1.